The number of Topliss-reactive ketones (excluding diaryl/α,β-unsaturated/α-hetero) is 1. The molecule has 0 aliphatic carbocycles. The van der Waals surface area contributed by atoms with E-state index in [9.17, 15) is 9.59 Å². The van der Waals surface area contributed by atoms with Crippen LogP contribution in [-0.4, -0.2) is 49.8 Å². The van der Waals surface area contributed by atoms with Gasteiger partial charge in [-0.05, 0) is 50.5 Å². The highest BCUT2D eigenvalue weighted by Gasteiger charge is 2.34. The maximum absolute atomic E-state index is 13.1. The monoisotopic (exact) mass is 376 g/mol. The van der Waals surface area contributed by atoms with Crippen LogP contribution in [0.4, 0.5) is 10.5 Å². The number of rotatable bonds is 4. The Morgan fingerprint density at radius 2 is 1.59 bits per heavy atom. The Labute approximate surface area is 162 Å². The van der Waals surface area contributed by atoms with E-state index in [4.69, 9.17) is 9.47 Å². The van der Waals surface area contributed by atoms with Crippen LogP contribution in [-0.2, 0) is 9.47 Å². The number of ketones is 1. The Balaban J connectivity index is 2.13. The molecule has 1 atom stereocenters. The number of nitrogens with zero attached hydrogens (tertiary/aromatic N) is 1. The largest absolute Gasteiger partial charge is 0.444 e. The first-order chi connectivity index (χ1) is 12.5. The predicted molar refractivity (Wildman–Crippen MR) is 106 cm³/mol. The highest BCUT2D eigenvalue weighted by molar-refractivity contribution is 6.02. The first kappa shape index (κ1) is 21.2. The number of hydrogen-bond donors (Lipinski definition) is 1. The molecule has 2 rings (SSSR count). The van der Waals surface area contributed by atoms with Gasteiger partial charge in [-0.25, -0.2) is 4.79 Å². The fourth-order valence-corrected chi connectivity index (χ4v) is 2.93. The molecule has 1 unspecified atom stereocenters. The van der Waals surface area contributed by atoms with Gasteiger partial charge in [-0.1, -0.05) is 20.8 Å². The molecule has 6 heteroatoms. The van der Waals surface area contributed by atoms with Crippen LogP contribution in [0.1, 0.15) is 51.9 Å². The summed E-state index contributed by atoms with van der Waals surface area (Å²) in [6, 6.07) is 6.87. The average molecular weight is 376 g/mol. The topological polar surface area (TPSA) is 67.9 Å². The average Bonchev–Trinajstić information content (AvgIpc) is 2.57. The molecule has 1 aromatic rings. The zero-order chi connectivity index (χ0) is 20.2. The molecule has 1 aromatic carbocycles. The second-order valence-electron chi connectivity index (χ2n) is 8.96. The van der Waals surface area contributed by atoms with Gasteiger partial charge in [0.2, 0.25) is 0 Å². The van der Waals surface area contributed by atoms with Crippen LogP contribution >= 0.6 is 0 Å². The summed E-state index contributed by atoms with van der Waals surface area (Å²) in [5, 5.41) is 2.75. The van der Waals surface area contributed by atoms with Gasteiger partial charge >= 0.3 is 6.09 Å². The summed E-state index contributed by atoms with van der Waals surface area (Å²) in [6.45, 7) is 14.3. The smallest absolute Gasteiger partial charge is 0.408 e. The Kier molecular flexibility index (Phi) is 6.52. The fraction of sp³-hybridized carbons (Fsp3) is 0.619. The summed E-state index contributed by atoms with van der Waals surface area (Å²) in [4.78, 5) is 27.5. The highest BCUT2D eigenvalue weighted by atomic mass is 16.6. The molecule has 1 aliphatic heterocycles. The molecule has 0 saturated carbocycles. The minimum atomic E-state index is -0.679. The molecule has 0 aromatic heterocycles. The molecule has 1 amide bonds. The van der Waals surface area contributed by atoms with Crippen molar-refractivity contribution in [3.63, 3.8) is 0 Å². The number of benzene rings is 1. The number of ether oxygens (including phenoxy) is 2. The van der Waals surface area contributed by atoms with E-state index in [-0.39, 0.29) is 5.78 Å². The summed E-state index contributed by atoms with van der Waals surface area (Å²) in [6.07, 6.45) is -0.583. The zero-order valence-corrected chi connectivity index (χ0v) is 17.3. The summed E-state index contributed by atoms with van der Waals surface area (Å²) < 4.78 is 10.7. The van der Waals surface area contributed by atoms with Crippen LogP contribution in [0.3, 0.4) is 0 Å². The maximum atomic E-state index is 13.1. The maximum Gasteiger partial charge on any atom is 0.408 e. The summed E-state index contributed by atoms with van der Waals surface area (Å²) in [7, 11) is 0. The summed E-state index contributed by atoms with van der Waals surface area (Å²) in [5.74, 6) is -0.123. The van der Waals surface area contributed by atoms with Crippen LogP contribution in [0, 0.1) is 5.41 Å². The van der Waals surface area contributed by atoms with E-state index in [1.807, 2.05) is 45.0 Å². The lowest BCUT2D eigenvalue weighted by molar-refractivity contribution is 0.0446. The number of amides is 1. The van der Waals surface area contributed by atoms with Crippen LogP contribution in [0.25, 0.3) is 0 Å². The standard InChI is InChI=1S/C21H32N2O4/c1-20(2,3)18(22-19(25)27-21(4,5)6)17(24)15-7-9-16(10-8-15)23-11-13-26-14-12-23/h7-10,18H,11-14H2,1-6H3,(H,22,25). The summed E-state index contributed by atoms with van der Waals surface area (Å²) >= 11 is 0. The molecular weight excluding hydrogens is 344 g/mol. The van der Waals surface area contributed by atoms with Crippen molar-refractivity contribution in [1.29, 1.82) is 0 Å². The molecule has 1 aliphatic rings. The molecule has 1 saturated heterocycles. The summed E-state index contributed by atoms with van der Waals surface area (Å²) in [5.41, 5.74) is 0.580. The molecule has 1 fully saturated rings. The van der Waals surface area contributed by atoms with Gasteiger partial charge in [0.1, 0.15) is 11.6 Å². The van der Waals surface area contributed by atoms with E-state index < -0.39 is 23.2 Å². The number of morpholine rings is 1. The first-order valence-electron chi connectivity index (χ1n) is 9.44. The van der Waals surface area contributed by atoms with Crippen molar-refractivity contribution in [2.75, 3.05) is 31.2 Å². The third kappa shape index (κ3) is 6.24. The van der Waals surface area contributed by atoms with Crippen LogP contribution < -0.4 is 10.2 Å². The molecule has 0 radical (unpaired) electrons. The highest BCUT2D eigenvalue weighted by Crippen LogP contribution is 2.25. The lowest BCUT2D eigenvalue weighted by Gasteiger charge is -2.32. The SMILES string of the molecule is CC(C)(C)OC(=O)NC(C(=O)c1ccc(N2CCOCC2)cc1)C(C)(C)C. The van der Waals surface area contributed by atoms with E-state index >= 15 is 0 Å². The van der Waals surface area contributed by atoms with E-state index in [1.165, 1.54) is 0 Å². The Bertz CT molecular complexity index is 650. The molecule has 150 valence electrons. The van der Waals surface area contributed by atoms with Gasteiger partial charge in [0.05, 0.1) is 13.2 Å². The van der Waals surface area contributed by atoms with Crippen molar-refractivity contribution in [2.24, 2.45) is 5.41 Å². The molecule has 6 nitrogen and oxygen atoms in total. The number of carbonyl (C=O) groups excluding carboxylic acids is 2. The van der Waals surface area contributed by atoms with Crippen molar-refractivity contribution < 1.29 is 19.1 Å². The Morgan fingerprint density at radius 1 is 1.04 bits per heavy atom. The second kappa shape index (κ2) is 8.30. The number of alkyl carbamates (subject to hydrolysis) is 1. The Morgan fingerprint density at radius 3 is 2.07 bits per heavy atom. The number of carbonyl (C=O) groups is 2. The molecule has 1 heterocycles. The van der Waals surface area contributed by atoms with Gasteiger partial charge < -0.3 is 19.7 Å². The number of anilines is 1. The minimum absolute atomic E-state index is 0.123. The molecule has 0 bridgehead atoms. The zero-order valence-electron chi connectivity index (χ0n) is 17.3. The quantitative estimate of drug-likeness (QED) is 0.813. The van der Waals surface area contributed by atoms with Gasteiger partial charge in [-0.2, -0.15) is 0 Å². The third-order valence-electron chi connectivity index (χ3n) is 4.32. The lowest BCUT2D eigenvalue weighted by atomic mass is 9.82. The van der Waals surface area contributed by atoms with Crippen molar-refractivity contribution in [1.82, 2.24) is 5.32 Å². The molecular formula is C21H32N2O4. The predicted octanol–water partition coefficient (Wildman–Crippen LogP) is 3.65. The fourth-order valence-electron chi connectivity index (χ4n) is 2.93. The van der Waals surface area contributed by atoms with Gasteiger partial charge in [-0.3, -0.25) is 4.79 Å². The van der Waals surface area contributed by atoms with E-state index in [1.54, 1.807) is 20.8 Å². The van der Waals surface area contributed by atoms with E-state index in [0.717, 1.165) is 18.8 Å². The van der Waals surface area contributed by atoms with E-state index in [0.29, 0.717) is 18.8 Å². The van der Waals surface area contributed by atoms with Crippen molar-refractivity contribution in [3.05, 3.63) is 29.8 Å². The molecule has 1 N–H and O–H groups in total. The van der Waals surface area contributed by atoms with Crippen LogP contribution in [0.15, 0.2) is 24.3 Å². The van der Waals surface area contributed by atoms with Gasteiger partial charge in [-0.15, -0.1) is 0 Å². The second-order valence-corrected chi connectivity index (χ2v) is 8.96. The van der Waals surface area contributed by atoms with Gasteiger partial charge in [0, 0.05) is 24.3 Å². The van der Waals surface area contributed by atoms with Crippen molar-refractivity contribution in [2.45, 2.75) is 53.2 Å². The van der Waals surface area contributed by atoms with E-state index in [2.05, 4.69) is 10.2 Å². The number of nitrogens with one attached hydrogen (secondary N) is 1. The van der Waals surface area contributed by atoms with Crippen LogP contribution in [0.2, 0.25) is 0 Å². The lowest BCUT2D eigenvalue weighted by Crippen LogP contribution is -2.50. The Hall–Kier alpha value is -2.08. The minimum Gasteiger partial charge on any atom is -0.444 e. The van der Waals surface area contributed by atoms with Crippen molar-refractivity contribution >= 4 is 17.6 Å². The number of hydrogen-bond acceptors (Lipinski definition) is 5. The van der Waals surface area contributed by atoms with Gasteiger partial charge in [0.25, 0.3) is 0 Å². The normalized spacial score (nSPS) is 16.6. The van der Waals surface area contributed by atoms with Gasteiger partial charge in [0.15, 0.2) is 5.78 Å². The van der Waals surface area contributed by atoms with Crippen molar-refractivity contribution in [3.8, 4) is 0 Å². The third-order valence-corrected chi connectivity index (χ3v) is 4.32. The first-order valence-corrected chi connectivity index (χ1v) is 9.44. The van der Waals surface area contributed by atoms with Crippen LogP contribution in [0.5, 0.6) is 0 Å². The molecule has 27 heavy (non-hydrogen) atoms. The molecule has 0 spiro atoms.